The fourth-order valence-corrected chi connectivity index (χ4v) is 4.12. The van der Waals surface area contributed by atoms with Gasteiger partial charge in [-0.05, 0) is 36.6 Å². The van der Waals surface area contributed by atoms with E-state index >= 15 is 0 Å². The highest BCUT2D eigenvalue weighted by Gasteiger charge is 2.23. The fraction of sp³-hybridized carbons (Fsp3) is 0.304. The standard InChI is InChI=1S/C23H24N6O2/c1-15-14-31-9-8-28(15)22-12-19(18-5-3-4-17(11-18)10-16(2)30)20-13-25-29(23(20)26-22)21-6-7-24-27-21/h3-7,11-13,15H,8-10,14H2,1-2H3,(H,24,27)/t15-/m1/s1. The molecule has 1 aliphatic heterocycles. The Bertz CT molecular complexity index is 1230. The minimum absolute atomic E-state index is 0.145. The van der Waals surface area contributed by atoms with E-state index in [9.17, 15) is 4.79 Å². The summed E-state index contributed by atoms with van der Waals surface area (Å²) < 4.78 is 7.40. The number of hydrogen-bond acceptors (Lipinski definition) is 6. The first-order valence-corrected chi connectivity index (χ1v) is 10.4. The largest absolute Gasteiger partial charge is 0.377 e. The van der Waals surface area contributed by atoms with Gasteiger partial charge in [0.05, 0.1) is 31.6 Å². The normalized spacial score (nSPS) is 16.7. The lowest BCUT2D eigenvalue weighted by atomic mass is 9.99. The monoisotopic (exact) mass is 416 g/mol. The molecule has 4 heterocycles. The number of nitrogens with zero attached hydrogens (tertiary/aromatic N) is 5. The number of carbonyl (C=O) groups excluding carboxylic acids is 1. The number of aromatic nitrogens is 5. The number of Topliss-reactive ketones (excluding diaryl/α,β-unsaturated/α-hetero) is 1. The maximum Gasteiger partial charge on any atom is 0.167 e. The van der Waals surface area contributed by atoms with E-state index in [0.29, 0.717) is 19.6 Å². The van der Waals surface area contributed by atoms with Crippen LogP contribution >= 0.6 is 0 Å². The number of fused-ring (bicyclic) bond motifs is 1. The van der Waals surface area contributed by atoms with Gasteiger partial charge in [0.25, 0.3) is 0 Å². The van der Waals surface area contributed by atoms with Crippen molar-refractivity contribution in [2.24, 2.45) is 0 Å². The number of nitrogens with one attached hydrogen (secondary N) is 1. The topological polar surface area (TPSA) is 88.9 Å². The first-order chi connectivity index (χ1) is 15.1. The van der Waals surface area contributed by atoms with Crippen LogP contribution in [-0.2, 0) is 16.0 Å². The van der Waals surface area contributed by atoms with Gasteiger partial charge in [-0.15, -0.1) is 0 Å². The maximum atomic E-state index is 11.7. The van der Waals surface area contributed by atoms with Crippen molar-refractivity contribution in [3.63, 3.8) is 0 Å². The van der Waals surface area contributed by atoms with E-state index in [1.165, 1.54) is 0 Å². The Balaban J connectivity index is 1.70. The molecule has 0 bridgehead atoms. The SMILES string of the molecule is CC(=O)Cc1cccc(-c2cc(N3CCOC[C@H]3C)nc3c2cnn3-c2ccn[nH]2)c1. The van der Waals surface area contributed by atoms with Gasteiger partial charge in [0.15, 0.2) is 11.5 Å². The molecule has 8 nitrogen and oxygen atoms in total. The van der Waals surface area contributed by atoms with Crippen LogP contribution in [0.2, 0.25) is 0 Å². The summed E-state index contributed by atoms with van der Waals surface area (Å²) in [6, 6.07) is 12.3. The zero-order valence-corrected chi connectivity index (χ0v) is 17.6. The number of rotatable bonds is 5. The molecule has 3 aromatic heterocycles. The van der Waals surface area contributed by atoms with E-state index in [1.807, 2.05) is 24.4 Å². The number of pyridine rings is 1. The smallest absolute Gasteiger partial charge is 0.167 e. The van der Waals surface area contributed by atoms with Crippen molar-refractivity contribution >= 4 is 22.6 Å². The van der Waals surface area contributed by atoms with Crippen molar-refractivity contribution in [1.82, 2.24) is 25.0 Å². The molecule has 0 aliphatic carbocycles. The number of carbonyl (C=O) groups is 1. The van der Waals surface area contributed by atoms with Crippen LogP contribution in [0.15, 0.2) is 48.8 Å². The summed E-state index contributed by atoms with van der Waals surface area (Å²) in [7, 11) is 0. The molecular formula is C23H24N6O2. The van der Waals surface area contributed by atoms with Gasteiger partial charge in [-0.25, -0.2) is 4.98 Å². The number of H-pyrrole nitrogens is 1. The summed E-state index contributed by atoms with van der Waals surface area (Å²) in [5.74, 6) is 1.79. The zero-order valence-electron chi connectivity index (χ0n) is 17.6. The van der Waals surface area contributed by atoms with Crippen LogP contribution in [0.25, 0.3) is 28.0 Å². The van der Waals surface area contributed by atoms with Gasteiger partial charge in [-0.2, -0.15) is 14.9 Å². The summed E-state index contributed by atoms with van der Waals surface area (Å²) in [6.07, 6.45) is 3.95. The van der Waals surface area contributed by atoms with Crippen LogP contribution in [0.4, 0.5) is 5.82 Å². The molecule has 1 fully saturated rings. The molecule has 0 amide bonds. The summed E-state index contributed by atoms with van der Waals surface area (Å²) in [5, 5.41) is 12.6. The number of morpholine rings is 1. The van der Waals surface area contributed by atoms with Crippen molar-refractivity contribution in [1.29, 1.82) is 0 Å². The Morgan fingerprint density at radius 3 is 2.97 bits per heavy atom. The highest BCUT2D eigenvalue weighted by atomic mass is 16.5. The number of ether oxygens (including phenoxy) is 1. The second-order valence-corrected chi connectivity index (χ2v) is 7.96. The first kappa shape index (κ1) is 19.4. The third-order valence-electron chi connectivity index (χ3n) is 5.60. The van der Waals surface area contributed by atoms with E-state index in [1.54, 1.807) is 17.8 Å². The second-order valence-electron chi connectivity index (χ2n) is 7.96. The van der Waals surface area contributed by atoms with Crippen LogP contribution in [0.3, 0.4) is 0 Å². The lowest BCUT2D eigenvalue weighted by molar-refractivity contribution is -0.116. The molecule has 4 aromatic rings. The highest BCUT2D eigenvalue weighted by molar-refractivity contribution is 5.95. The van der Waals surface area contributed by atoms with E-state index in [-0.39, 0.29) is 11.8 Å². The molecule has 0 saturated carbocycles. The molecule has 1 N–H and O–H groups in total. The first-order valence-electron chi connectivity index (χ1n) is 10.4. The number of benzene rings is 1. The Labute approximate surface area is 179 Å². The molecule has 0 unspecified atom stereocenters. The number of aromatic amines is 1. The van der Waals surface area contributed by atoms with Gasteiger partial charge in [-0.1, -0.05) is 24.3 Å². The Morgan fingerprint density at radius 2 is 2.19 bits per heavy atom. The maximum absolute atomic E-state index is 11.7. The van der Waals surface area contributed by atoms with Crippen LogP contribution in [0.5, 0.6) is 0 Å². The van der Waals surface area contributed by atoms with Crippen molar-refractivity contribution in [3.8, 4) is 16.9 Å². The van der Waals surface area contributed by atoms with E-state index in [2.05, 4.69) is 45.3 Å². The number of ketones is 1. The third-order valence-corrected chi connectivity index (χ3v) is 5.60. The second kappa shape index (κ2) is 7.96. The lowest BCUT2D eigenvalue weighted by Crippen LogP contribution is -2.44. The molecule has 0 radical (unpaired) electrons. The van der Waals surface area contributed by atoms with Gasteiger partial charge in [-0.3, -0.25) is 9.89 Å². The molecule has 0 spiro atoms. The fourth-order valence-electron chi connectivity index (χ4n) is 4.12. The Hall–Kier alpha value is -3.52. The average molecular weight is 416 g/mol. The molecular weight excluding hydrogens is 392 g/mol. The third kappa shape index (κ3) is 3.70. The van der Waals surface area contributed by atoms with E-state index < -0.39 is 0 Å². The summed E-state index contributed by atoms with van der Waals surface area (Å²) >= 11 is 0. The van der Waals surface area contributed by atoms with E-state index in [0.717, 1.165) is 45.9 Å². The minimum Gasteiger partial charge on any atom is -0.377 e. The summed E-state index contributed by atoms with van der Waals surface area (Å²) in [4.78, 5) is 18.9. The minimum atomic E-state index is 0.145. The van der Waals surface area contributed by atoms with Crippen LogP contribution in [0.1, 0.15) is 19.4 Å². The van der Waals surface area contributed by atoms with Gasteiger partial charge in [0, 0.05) is 24.4 Å². The van der Waals surface area contributed by atoms with Crippen molar-refractivity contribution in [2.45, 2.75) is 26.3 Å². The summed E-state index contributed by atoms with van der Waals surface area (Å²) in [5.41, 5.74) is 3.83. The molecule has 5 rings (SSSR count). The van der Waals surface area contributed by atoms with Crippen LogP contribution < -0.4 is 4.90 Å². The predicted octanol–water partition coefficient (Wildman–Crippen LogP) is 3.17. The Kier molecular flexibility index (Phi) is 4.99. The highest BCUT2D eigenvalue weighted by Crippen LogP contribution is 2.33. The molecule has 1 aromatic carbocycles. The van der Waals surface area contributed by atoms with Gasteiger partial charge < -0.3 is 9.64 Å². The quantitative estimate of drug-likeness (QED) is 0.538. The van der Waals surface area contributed by atoms with Crippen molar-refractivity contribution in [3.05, 3.63) is 54.4 Å². The molecule has 1 atom stereocenters. The van der Waals surface area contributed by atoms with Crippen molar-refractivity contribution < 1.29 is 9.53 Å². The molecule has 31 heavy (non-hydrogen) atoms. The van der Waals surface area contributed by atoms with Crippen molar-refractivity contribution in [2.75, 3.05) is 24.7 Å². The molecule has 1 aliphatic rings. The van der Waals surface area contributed by atoms with Crippen LogP contribution in [-0.4, -0.2) is 56.5 Å². The predicted molar refractivity (Wildman–Crippen MR) is 118 cm³/mol. The molecule has 1 saturated heterocycles. The van der Waals surface area contributed by atoms with Gasteiger partial charge >= 0.3 is 0 Å². The van der Waals surface area contributed by atoms with E-state index in [4.69, 9.17) is 9.72 Å². The average Bonchev–Trinajstić information content (AvgIpc) is 3.43. The lowest BCUT2D eigenvalue weighted by Gasteiger charge is -2.34. The van der Waals surface area contributed by atoms with Gasteiger partial charge in [0.2, 0.25) is 0 Å². The van der Waals surface area contributed by atoms with Gasteiger partial charge in [0.1, 0.15) is 11.6 Å². The zero-order chi connectivity index (χ0) is 21.4. The number of hydrogen-bond donors (Lipinski definition) is 1. The summed E-state index contributed by atoms with van der Waals surface area (Å²) in [6.45, 7) is 5.88. The Morgan fingerprint density at radius 1 is 1.29 bits per heavy atom. The molecule has 8 heteroatoms. The molecule has 158 valence electrons. The van der Waals surface area contributed by atoms with Crippen LogP contribution in [0, 0.1) is 0 Å². The number of anilines is 1.